The molecule has 0 aliphatic carbocycles. The SMILES string of the molecule is CC(C)Sc1ccc(C(=O)N2CCN(S(=O)(=O)Cc3ccccc3)CC2)cc1. The fourth-order valence-corrected chi connectivity index (χ4v) is 5.53. The van der Waals surface area contributed by atoms with Crippen LogP contribution in [-0.4, -0.2) is 55.0 Å². The molecule has 2 aromatic rings. The molecule has 3 rings (SSSR count). The van der Waals surface area contributed by atoms with E-state index in [1.165, 1.54) is 4.31 Å². The number of nitrogens with zero attached hydrogens (tertiary/aromatic N) is 2. The first kappa shape index (κ1) is 20.9. The fourth-order valence-electron chi connectivity index (χ4n) is 3.18. The van der Waals surface area contributed by atoms with Crippen LogP contribution in [0.5, 0.6) is 0 Å². The molecule has 1 saturated heterocycles. The predicted molar refractivity (Wildman–Crippen MR) is 114 cm³/mol. The summed E-state index contributed by atoms with van der Waals surface area (Å²) in [5.74, 6) is -0.0438. The molecule has 2 aromatic carbocycles. The van der Waals surface area contributed by atoms with Crippen molar-refractivity contribution in [3.63, 3.8) is 0 Å². The molecule has 7 heteroatoms. The summed E-state index contributed by atoms with van der Waals surface area (Å²) in [7, 11) is -3.37. The minimum Gasteiger partial charge on any atom is -0.336 e. The van der Waals surface area contributed by atoms with Crippen molar-refractivity contribution in [1.82, 2.24) is 9.21 Å². The number of hydrogen-bond donors (Lipinski definition) is 0. The molecule has 5 nitrogen and oxygen atoms in total. The Labute approximate surface area is 171 Å². The predicted octanol–water partition coefficient (Wildman–Crippen LogP) is 3.47. The van der Waals surface area contributed by atoms with Crippen molar-refractivity contribution >= 4 is 27.7 Å². The number of carbonyl (C=O) groups is 1. The van der Waals surface area contributed by atoms with Crippen LogP contribution in [0.15, 0.2) is 59.5 Å². The third kappa shape index (κ3) is 5.37. The van der Waals surface area contributed by atoms with E-state index < -0.39 is 10.0 Å². The highest BCUT2D eigenvalue weighted by Gasteiger charge is 2.29. The van der Waals surface area contributed by atoms with Gasteiger partial charge in [0.25, 0.3) is 5.91 Å². The van der Waals surface area contributed by atoms with Crippen LogP contribution < -0.4 is 0 Å². The summed E-state index contributed by atoms with van der Waals surface area (Å²) >= 11 is 1.76. The molecule has 0 unspecified atom stereocenters. The van der Waals surface area contributed by atoms with Gasteiger partial charge in [-0.3, -0.25) is 4.79 Å². The highest BCUT2D eigenvalue weighted by molar-refractivity contribution is 7.99. The van der Waals surface area contributed by atoms with Crippen LogP contribution in [-0.2, 0) is 15.8 Å². The van der Waals surface area contributed by atoms with Gasteiger partial charge >= 0.3 is 0 Å². The van der Waals surface area contributed by atoms with Gasteiger partial charge in [0.15, 0.2) is 0 Å². The molecule has 1 aliphatic rings. The number of piperazine rings is 1. The van der Waals surface area contributed by atoms with Crippen molar-refractivity contribution in [2.45, 2.75) is 29.7 Å². The van der Waals surface area contributed by atoms with Crippen LogP contribution in [0.2, 0.25) is 0 Å². The average molecular weight is 419 g/mol. The van der Waals surface area contributed by atoms with Gasteiger partial charge in [-0.15, -0.1) is 11.8 Å². The Balaban J connectivity index is 1.58. The lowest BCUT2D eigenvalue weighted by Crippen LogP contribution is -2.50. The number of sulfonamides is 1. The van der Waals surface area contributed by atoms with E-state index in [4.69, 9.17) is 0 Å². The average Bonchev–Trinajstić information content (AvgIpc) is 2.68. The summed E-state index contributed by atoms with van der Waals surface area (Å²) in [5.41, 5.74) is 1.43. The van der Waals surface area contributed by atoms with Gasteiger partial charge in [0.05, 0.1) is 5.75 Å². The van der Waals surface area contributed by atoms with E-state index in [-0.39, 0.29) is 11.7 Å². The zero-order chi connectivity index (χ0) is 20.1. The molecule has 1 heterocycles. The lowest BCUT2D eigenvalue weighted by molar-refractivity contribution is 0.0697. The zero-order valence-electron chi connectivity index (χ0n) is 16.2. The van der Waals surface area contributed by atoms with E-state index in [2.05, 4.69) is 13.8 Å². The fraction of sp³-hybridized carbons (Fsp3) is 0.381. The summed E-state index contributed by atoms with van der Waals surface area (Å²) in [6, 6.07) is 16.8. The molecule has 0 saturated carbocycles. The molecule has 1 fully saturated rings. The second-order valence-corrected chi connectivity index (χ2v) is 10.7. The van der Waals surface area contributed by atoms with E-state index in [0.717, 1.165) is 10.5 Å². The van der Waals surface area contributed by atoms with Crippen LogP contribution >= 0.6 is 11.8 Å². The number of benzene rings is 2. The third-order valence-corrected chi connectivity index (χ3v) is 7.45. The van der Waals surface area contributed by atoms with E-state index in [1.54, 1.807) is 16.7 Å². The first-order chi connectivity index (χ1) is 13.3. The normalized spacial score (nSPS) is 15.8. The Hall–Kier alpha value is -1.83. The second kappa shape index (κ2) is 9.11. The number of rotatable bonds is 6. The van der Waals surface area contributed by atoms with Gasteiger partial charge in [0.1, 0.15) is 0 Å². The molecule has 0 radical (unpaired) electrons. The molecule has 150 valence electrons. The summed E-state index contributed by atoms with van der Waals surface area (Å²) in [6.45, 7) is 5.76. The number of carbonyl (C=O) groups excluding carboxylic acids is 1. The Morgan fingerprint density at radius 3 is 2.14 bits per heavy atom. The second-order valence-electron chi connectivity index (χ2n) is 7.12. The Bertz CT molecular complexity index is 889. The highest BCUT2D eigenvalue weighted by atomic mass is 32.2. The molecular weight excluding hydrogens is 392 g/mol. The molecule has 0 N–H and O–H groups in total. The molecule has 28 heavy (non-hydrogen) atoms. The van der Waals surface area contributed by atoms with Gasteiger partial charge in [0.2, 0.25) is 10.0 Å². The zero-order valence-corrected chi connectivity index (χ0v) is 17.9. The largest absolute Gasteiger partial charge is 0.336 e. The van der Waals surface area contributed by atoms with Crippen LogP contribution in [0.25, 0.3) is 0 Å². The Morgan fingerprint density at radius 1 is 0.964 bits per heavy atom. The number of amides is 1. The van der Waals surface area contributed by atoms with Crippen LogP contribution in [0, 0.1) is 0 Å². The van der Waals surface area contributed by atoms with E-state index in [9.17, 15) is 13.2 Å². The van der Waals surface area contributed by atoms with Gasteiger partial charge in [0, 0.05) is 41.9 Å². The number of hydrogen-bond acceptors (Lipinski definition) is 4. The maximum atomic E-state index is 12.7. The van der Waals surface area contributed by atoms with Gasteiger partial charge in [-0.05, 0) is 29.8 Å². The van der Waals surface area contributed by atoms with Crippen molar-refractivity contribution in [2.75, 3.05) is 26.2 Å². The van der Waals surface area contributed by atoms with Crippen molar-refractivity contribution in [2.24, 2.45) is 0 Å². The monoisotopic (exact) mass is 418 g/mol. The maximum Gasteiger partial charge on any atom is 0.253 e. The Kier molecular flexibility index (Phi) is 6.80. The topological polar surface area (TPSA) is 57.7 Å². The summed E-state index contributed by atoms with van der Waals surface area (Å²) in [5, 5.41) is 0.493. The van der Waals surface area contributed by atoms with Crippen molar-refractivity contribution in [3.8, 4) is 0 Å². The van der Waals surface area contributed by atoms with Crippen molar-refractivity contribution in [1.29, 1.82) is 0 Å². The van der Waals surface area contributed by atoms with Crippen molar-refractivity contribution < 1.29 is 13.2 Å². The first-order valence-corrected chi connectivity index (χ1v) is 11.9. The first-order valence-electron chi connectivity index (χ1n) is 9.43. The molecule has 1 amide bonds. The molecule has 0 bridgehead atoms. The third-order valence-electron chi connectivity index (χ3n) is 4.58. The van der Waals surface area contributed by atoms with E-state index >= 15 is 0 Å². The van der Waals surface area contributed by atoms with Crippen LogP contribution in [0.3, 0.4) is 0 Å². The smallest absolute Gasteiger partial charge is 0.253 e. The van der Waals surface area contributed by atoms with Gasteiger partial charge < -0.3 is 4.90 Å². The molecule has 0 spiro atoms. The van der Waals surface area contributed by atoms with Crippen molar-refractivity contribution in [3.05, 3.63) is 65.7 Å². The number of thioether (sulfide) groups is 1. The summed E-state index contributed by atoms with van der Waals surface area (Å²) in [6.07, 6.45) is 0. The minimum absolute atomic E-state index is 0.00321. The molecule has 0 atom stereocenters. The van der Waals surface area contributed by atoms with E-state index in [1.807, 2.05) is 54.6 Å². The van der Waals surface area contributed by atoms with Gasteiger partial charge in [-0.25, -0.2) is 8.42 Å². The quantitative estimate of drug-likeness (QED) is 0.674. The molecular formula is C21H26N2O3S2. The molecule has 0 aromatic heterocycles. The van der Waals surface area contributed by atoms with E-state index in [0.29, 0.717) is 37.0 Å². The summed E-state index contributed by atoms with van der Waals surface area (Å²) < 4.78 is 26.8. The lowest BCUT2D eigenvalue weighted by Gasteiger charge is -2.34. The van der Waals surface area contributed by atoms with Crippen LogP contribution in [0.4, 0.5) is 0 Å². The lowest BCUT2D eigenvalue weighted by atomic mass is 10.2. The Morgan fingerprint density at radius 2 is 1.57 bits per heavy atom. The van der Waals surface area contributed by atoms with Gasteiger partial charge in [-0.1, -0.05) is 44.2 Å². The highest BCUT2D eigenvalue weighted by Crippen LogP contribution is 2.23. The molecule has 1 aliphatic heterocycles. The minimum atomic E-state index is -3.37. The maximum absolute atomic E-state index is 12.7. The standard InChI is InChI=1S/C21H26N2O3S2/c1-17(2)27-20-10-8-19(9-11-20)21(24)22-12-14-23(15-13-22)28(25,26)16-18-6-4-3-5-7-18/h3-11,17H,12-16H2,1-2H3. The van der Waals surface area contributed by atoms with Gasteiger partial charge in [-0.2, -0.15) is 4.31 Å². The summed E-state index contributed by atoms with van der Waals surface area (Å²) in [4.78, 5) is 15.6. The van der Waals surface area contributed by atoms with Crippen LogP contribution in [0.1, 0.15) is 29.8 Å².